The molecule has 0 aromatic carbocycles. The van der Waals surface area contributed by atoms with Crippen molar-refractivity contribution in [3.8, 4) is 0 Å². The first-order valence-electron chi connectivity index (χ1n) is 7.65. The highest BCUT2D eigenvalue weighted by atomic mass is 16.4. The molecule has 1 amide bonds. The number of amides is 1. The standard InChI is InChI=1S/C15H21NO3/c17-11(18)7-16(6-8-1-2-8)15(19)14-12-9-3-4-10(5-9)13(12)14/h8-10,12-14H,1-7H2,(H,17,18). The Morgan fingerprint density at radius 1 is 1.05 bits per heavy atom. The zero-order valence-corrected chi connectivity index (χ0v) is 11.1. The summed E-state index contributed by atoms with van der Waals surface area (Å²) in [5, 5.41) is 8.99. The summed E-state index contributed by atoms with van der Waals surface area (Å²) >= 11 is 0. The summed E-state index contributed by atoms with van der Waals surface area (Å²) in [5.74, 6) is 2.81. The van der Waals surface area contributed by atoms with E-state index in [1.54, 1.807) is 4.90 Å². The minimum atomic E-state index is -0.872. The molecule has 104 valence electrons. The second-order valence-electron chi connectivity index (χ2n) is 7.07. The summed E-state index contributed by atoms with van der Waals surface area (Å²) in [4.78, 5) is 25.2. The van der Waals surface area contributed by atoms with Crippen LogP contribution in [-0.2, 0) is 9.59 Å². The van der Waals surface area contributed by atoms with Gasteiger partial charge in [0.15, 0.2) is 0 Å². The van der Waals surface area contributed by atoms with E-state index in [0.29, 0.717) is 24.3 Å². The van der Waals surface area contributed by atoms with Crippen LogP contribution in [0.2, 0.25) is 0 Å². The predicted octanol–water partition coefficient (Wildman–Crippen LogP) is 1.60. The van der Waals surface area contributed by atoms with Crippen LogP contribution in [0.4, 0.5) is 0 Å². The maximum Gasteiger partial charge on any atom is 0.323 e. The van der Waals surface area contributed by atoms with E-state index in [9.17, 15) is 9.59 Å². The number of hydrogen-bond donors (Lipinski definition) is 1. The highest BCUT2D eigenvalue weighted by Crippen LogP contribution is 2.69. The largest absolute Gasteiger partial charge is 0.480 e. The molecule has 4 saturated carbocycles. The Hall–Kier alpha value is -1.06. The maximum atomic E-state index is 12.6. The van der Waals surface area contributed by atoms with Gasteiger partial charge >= 0.3 is 5.97 Å². The number of carboxylic acid groups (broad SMARTS) is 1. The smallest absolute Gasteiger partial charge is 0.323 e. The molecule has 4 atom stereocenters. The summed E-state index contributed by atoms with van der Waals surface area (Å²) in [6, 6.07) is 0. The maximum absolute atomic E-state index is 12.6. The summed E-state index contributed by atoms with van der Waals surface area (Å²) in [7, 11) is 0. The lowest BCUT2D eigenvalue weighted by molar-refractivity contribution is -0.145. The second-order valence-corrected chi connectivity index (χ2v) is 7.07. The Bertz CT molecular complexity index is 415. The average Bonchev–Trinajstić information content (AvgIpc) is 3.26. The number of hydrogen-bond acceptors (Lipinski definition) is 2. The van der Waals surface area contributed by atoms with Crippen LogP contribution < -0.4 is 0 Å². The third-order valence-corrected chi connectivity index (χ3v) is 5.83. The number of carbonyl (C=O) groups excluding carboxylic acids is 1. The molecule has 0 aromatic rings. The van der Waals surface area contributed by atoms with Crippen molar-refractivity contribution < 1.29 is 14.7 Å². The van der Waals surface area contributed by atoms with Crippen LogP contribution in [-0.4, -0.2) is 35.0 Å². The van der Waals surface area contributed by atoms with Crippen molar-refractivity contribution in [2.75, 3.05) is 13.1 Å². The van der Waals surface area contributed by atoms with E-state index in [1.807, 2.05) is 0 Å². The Labute approximate surface area is 113 Å². The number of nitrogens with zero attached hydrogens (tertiary/aromatic N) is 1. The van der Waals surface area contributed by atoms with Gasteiger partial charge in [0.1, 0.15) is 6.54 Å². The molecule has 0 spiro atoms. The van der Waals surface area contributed by atoms with Crippen LogP contribution >= 0.6 is 0 Å². The van der Waals surface area contributed by atoms with Gasteiger partial charge in [-0.05, 0) is 61.7 Å². The molecule has 0 aromatic heterocycles. The van der Waals surface area contributed by atoms with Crippen LogP contribution in [0.3, 0.4) is 0 Å². The Morgan fingerprint density at radius 2 is 1.68 bits per heavy atom. The summed E-state index contributed by atoms with van der Waals surface area (Å²) < 4.78 is 0. The summed E-state index contributed by atoms with van der Waals surface area (Å²) in [6.45, 7) is 0.580. The minimum absolute atomic E-state index is 0.0966. The first-order chi connectivity index (χ1) is 9.15. The van der Waals surface area contributed by atoms with Gasteiger partial charge in [0, 0.05) is 12.5 Å². The van der Waals surface area contributed by atoms with E-state index in [4.69, 9.17) is 5.11 Å². The van der Waals surface area contributed by atoms with E-state index in [2.05, 4.69) is 0 Å². The molecule has 0 saturated heterocycles. The number of rotatable bonds is 5. The van der Waals surface area contributed by atoms with Crippen molar-refractivity contribution in [3.05, 3.63) is 0 Å². The van der Waals surface area contributed by atoms with Gasteiger partial charge in [-0.3, -0.25) is 9.59 Å². The van der Waals surface area contributed by atoms with Gasteiger partial charge in [-0.1, -0.05) is 0 Å². The molecule has 4 aliphatic carbocycles. The summed E-state index contributed by atoms with van der Waals surface area (Å²) in [5.41, 5.74) is 0. The van der Waals surface area contributed by atoms with Crippen molar-refractivity contribution in [2.45, 2.75) is 32.1 Å². The minimum Gasteiger partial charge on any atom is -0.480 e. The molecular weight excluding hydrogens is 242 g/mol. The van der Waals surface area contributed by atoms with Gasteiger partial charge < -0.3 is 10.0 Å². The van der Waals surface area contributed by atoms with Gasteiger partial charge in [0.25, 0.3) is 0 Å². The molecule has 4 fully saturated rings. The molecule has 4 rings (SSSR count). The van der Waals surface area contributed by atoms with E-state index in [0.717, 1.165) is 24.7 Å². The van der Waals surface area contributed by atoms with Crippen LogP contribution in [0.5, 0.6) is 0 Å². The van der Waals surface area contributed by atoms with Crippen LogP contribution in [0.15, 0.2) is 0 Å². The quantitative estimate of drug-likeness (QED) is 0.819. The summed E-state index contributed by atoms with van der Waals surface area (Å²) in [6.07, 6.45) is 6.26. The highest BCUT2D eigenvalue weighted by molar-refractivity contribution is 5.86. The zero-order chi connectivity index (χ0) is 13.1. The van der Waals surface area contributed by atoms with Gasteiger partial charge in [0.05, 0.1) is 0 Å². The van der Waals surface area contributed by atoms with Crippen molar-refractivity contribution in [2.24, 2.45) is 35.5 Å². The fraction of sp³-hybridized carbons (Fsp3) is 0.867. The average molecular weight is 263 g/mol. The van der Waals surface area contributed by atoms with Crippen molar-refractivity contribution in [1.29, 1.82) is 0 Å². The second kappa shape index (κ2) is 3.97. The molecule has 4 heteroatoms. The first kappa shape index (κ1) is 11.7. The molecular formula is C15H21NO3. The van der Waals surface area contributed by atoms with Gasteiger partial charge in [-0.25, -0.2) is 0 Å². The van der Waals surface area contributed by atoms with Gasteiger partial charge in [-0.15, -0.1) is 0 Å². The molecule has 1 N–H and O–H groups in total. The fourth-order valence-corrected chi connectivity index (χ4v) is 4.87. The lowest BCUT2D eigenvalue weighted by Crippen LogP contribution is -2.39. The Kier molecular flexibility index (Phi) is 2.45. The molecule has 4 unspecified atom stereocenters. The van der Waals surface area contributed by atoms with Crippen molar-refractivity contribution in [3.63, 3.8) is 0 Å². The SMILES string of the molecule is O=C(O)CN(CC1CC1)C(=O)C1C2C3CCC(C3)C12. The normalized spacial score (nSPS) is 42.0. The topological polar surface area (TPSA) is 57.6 Å². The monoisotopic (exact) mass is 263 g/mol. The third-order valence-electron chi connectivity index (χ3n) is 5.83. The number of carbonyl (C=O) groups is 2. The Morgan fingerprint density at radius 3 is 2.21 bits per heavy atom. The zero-order valence-electron chi connectivity index (χ0n) is 11.1. The van der Waals surface area contributed by atoms with Crippen LogP contribution in [0, 0.1) is 35.5 Å². The first-order valence-corrected chi connectivity index (χ1v) is 7.65. The number of aliphatic carboxylic acids is 1. The van der Waals surface area contributed by atoms with E-state index >= 15 is 0 Å². The van der Waals surface area contributed by atoms with Gasteiger partial charge in [-0.2, -0.15) is 0 Å². The molecule has 0 aliphatic heterocycles. The predicted molar refractivity (Wildman–Crippen MR) is 68.2 cm³/mol. The molecule has 2 bridgehead atoms. The molecule has 4 aliphatic rings. The van der Waals surface area contributed by atoms with Crippen LogP contribution in [0.25, 0.3) is 0 Å². The third kappa shape index (κ3) is 1.87. The van der Waals surface area contributed by atoms with Crippen molar-refractivity contribution >= 4 is 11.9 Å². The van der Waals surface area contributed by atoms with E-state index in [1.165, 1.54) is 19.3 Å². The number of fused-ring (bicyclic) bond motifs is 5. The van der Waals surface area contributed by atoms with E-state index < -0.39 is 5.97 Å². The van der Waals surface area contributed by atoms with E-state index in [-0.39, 0.29) is 18.4 Å². The fourth-order valence-electron chi connectivity index (χ4n) is 4.87. The highest BCUT2D eigenvalue weighted by Gasteiger charge is 2.68. The molecule has 4 nitrogen and oxygen atoms in total. The van der Waals surface area contributed by atoms with Crippen molar-refractivity contribution in [1.82, 2.24) is 4.90 Å². The van der Waals surface area contributed by atoms with Crippen LogP contribution in [0.1, 0.15) is 32.1 Å². The molecule has 0 radical (unpaired) electrons. The number of carboxylic acids is 1. The Balaban J connectivity index is 1.44. The van der Waals surface area contributed by atoms with Gasteiger partial charge in [0.2, 0.25) is 5.91 Å². The molecule has 19 heavy (non-hydrogen) atoms. The lowest BCUT2D eigenvalue weighted by Gasteiger charge is -2.22. The molecule has 0 heterocycles. The lowest BCUT2D eigenvalue weighted by atomic mass is 10.0.